The Bertz CT molecular complexity index is 982. The normalized spacial score (nSPS) is 12.5. The molecule has 1 aliphatic heterocycles. The standard InChI is InChI=1S/C22H21N3O3/c1-14-9-15(2)11-16(10-14)22(27)28-13-20(26)17(12-23)21-24(3)18-7-5-6-8-19(18)25(21)4/h5-11H,13H2,1-4H3. The van der Waals surface area contributed by atoms with E-state index in [1.165, 1.54) is 0 Å². The fourth-order valence-corrected chi connectivity index (χ4v) is 3.44. The zero-order chi connectivity index (χ0) is 20.4. The average Bonchev–Trinajstić information content (AvgIpc) is 2.91. The number of ether oxygens (including phenoxy) is 1. The van der Waals surface area contributed by atoms with Crippen molar-refractivity contribution in [3.8, 4) is 6.07 Å². The summed E-state index contributed by atoms with van der Waals surface area (Å²) in [5, 5.41) is 9.60. The van der Waals surface area contributed by atoms with E-state index in [0.717, 1.165) is 22.5 Å². The van der Waals surface area contributed by atoms with Crippen molar-refractivity contribution < 1.29 is 14.3 Å². The van der Waals surface area contributed by atoms with Crippen molar-refractivity contribution in [2.75, 3.05) is 30.5 Å². The molecule has 0 unspecified atom stereocenters. The highest BCUT2D eigenvalue weighted by Gasteiger charge is 2.31. The number of para-hydroxylation sites is 2. The number of carbonyl (C=O) groups is 2. The van der Waals surface area contributed by atoms with Crippen molar-refractivity contribution in [1.82, 2.24) is 0 Å². The Morgan fingerprint density at radius 1 is 1.00 bits per heavy atom. The second kappa shape index (κ2) is 7.57. The first-order valence-corrected chi connectivity index (χ1v) is 8.83. The Labute approximate surface area is 164 Å². The number of anilines is 2. The Kier molecular flexibility index (Phi) is 5.18. The lowest BCUT2D eigenvalue weighted by Gasteiger charge is -2.19. The Morgan fingerprint density at radius 3 is 2.04 bits per heavy atom. The number of carbonyl (C=O) groups excluding carboxylic acids is 2. The first kappa shape index (κ1) is 19.2. The van der Waals surface area contributed by atoms with E-state index in [2.05, 4.69) is 0 Å². The molecular weight excluding hydrogens is 354 g/mol. The lowest BCUT2D eigenvalue weighted by atomic mass is 10.1. The molecule has 2 aromatic carbocycles. The van der Waals surface area contributed by atoms with Gasteiger partial charge in [0.05, 0.1) is 16.9 Å². The Hall–Kier alpha value is -3.59. The highest BCUT2D eigenvalue weighted by molar-refractivity contribution is 6.04. The quantitative estimate of drug-likeness (QED) is 0.464. The predicted molar refractivity (Wildman–Crippen MR) is 107 cm³/mol. The largest absolute Gasteiger partial charge is 0.454 e. The van der Waals surface area contributed by atoms with Gasteiger partial charge in [-0.3, -0.25) is 4.79 Å². The molecule has 0 spiro atoms. The third kappa shape index (κ3) is 3.47. The van der Waals surface area contributed by atoms with Crippen molar-refractivity contribution >= 4 is 23.1 Å². The topological polar surface area (TPSA) is 73.6 Å². The van der Waals surface area contributed by atoms with Gasteiger partial charge in [-0.25, -0.2) is 4.79 Å². The monoisotopic (exact) mass is 375 g/mol. The van der Waals surface area contributed by atoms with Gasteiger partial charge in [0.1, 0.15) is 17.5 Å². The van der Waals surface area contributed by atoms with Gasteiger partial charge < -0.3 is 14.5 Å². The molecule has 0 amide bonds. The maximum Gasteiger partial charge on any atom is 0.338 e. The molecule has 1 heterocycles. The number of fused-ring (bicyclic) bond motifs is 1. The predicted octanol–water partition coefficient (Wildman–Crippen LogP) is 3.35. The number of nitrogens with zero attached hydrogens (tertiary/aromatic N) is 3. The summed E-state index contributed by atoms with van der Waals surface area (Å²) in [4.78, 5) is 28.5. The molecule has 142 valence electrons. The van der Waals surface area contributed by atoms with Crippen LogP contribution < -0.4 is 9.80 Å². The minimum atomic E-state index is -0.584. The molecule has 0 atom stereocenters. The third-order valence-electron chi connectivity index (χ3n) is 4.65. The van der Waals surface area contributed by atoms with Gasteiger partial charge in [-0.2, -0.15) is 5.26 Å². The highest BCUT2D eigenvalue weighted by atomic mass is 16.5. The van der Waals surface area contributed by atoms with Crippen molar-refractivity contribution in [2.45, 2.75) is 13.8 Å². The molecule has 0 bridgehead atoms. The maximum atomic E-state index is 12.7. The average molecular weight is 375 g/mol. The van der Waals surface area contributed by atoms with Crippen LogP contribution in [0.1, 0.15) is 21.5 Å². The van der Waals surface area contributed by atoms with E-state index < -0.39 is 18.4 Å². The summed E-state index contributed by atoms with van der Waals surface area (Å²) in [7, 11) is 3.59. The number of nitriles is 1. The molecule has 1 aliphatic rings. The SMILES string of the molecule is Cc1cc(C)cc(C(=O)OCC(=O)C(C#N)=C2N(C)c3ccccc3N2C)c1. The van der Waals surface area contributed by atoms with E-state index in [4.69, 9.17) is 4.74 Å². The minimum absolute atomic E-state index is 0.0468. The zero-order valence-electron chi connectivity index (χ0n) is 16.3. The van der Waals surface area contributed by atoms with Crippen molar-refractivity contribution in [1.29, 1.82) is 5.26 Å². The van der Waals surface area contributed by atoms with Gasteiger partial charge in [-0.05, 0) is 38.1 Å². The summed E-state index contributed by atoms with van der Waals surface area (Å²) in [6.45, 7) is 3.28. The Morgan fingerprint density at radius 2 is 1.54 bits per heavy atom. The highest BCUT2D eigenvalue weighted by Crippen LogP contribution is 2.40. The summed E-state index contributed by atoms with van der Waals surface area (Å²) >= 11 is 0. The van der Waals surface area contributed by atoms with Crippen molar-refractivity contribution in [2.24, 2.45) is 0 Å². The number of benzene rings is 2. The lowest BCUT2D eigenvalue weighted by Crippen LogP contribution is -2.27. The van der Waals surface area contributed by atoms with E-state index in [0.29, 0.717) is 11.4 Å². The molecule has 6 nitrogen and oxygen atoms in total. The van der Waals surface area contributed by atoms with Gasteiger partial charge >= 0.3 is 5.97 Å². The Balaban J connectivity index is 1.80. The summed E-state index contributed by atoms with van der Waals surface area (Å²) in [5.41, 5.74) is 4.00. The first-order chi connectivity index (χ1) is 13.3. The van der Waals surface area contributed by atoms with Crippen molar-refractivity contribution in [3.05, 3.63) is 70.5 Å². The zero-order valence-corrected chi connectivity index (χ0v) is 16.3. The second-order valence-corrected chi connectivity index (χ2v) is 6.79. The molecule has 0 fully saturated rings. The number of esters is 1. The van der Waals surface area contributed by atoms with Crippen LogP contribution in [-0.4, -0.2) is 32.5 Å². The van der Waals surface area contributed by atoms with E-state index in [1.54, 1.807) is 36.0 Å². The minimum Gasteiger partial charge on any atom is -0.454 e. The van der Waals surface area contributed by atoms with Gasteiger partial charge in [0.25, 0.3) is 0 Å². The van der Waals surface area contributed by atoms with E-state index in [1.807, 2.05) is 50.2 Å². The summed E-state index contributed by atoms with van der Waals surface area (Å²) in [6, 6.07) is 15.0. The second-order valence-electron chi connectivity index (χ2n) is 6.79. The molecule has 28 heavy (non-hydrogen) atoms. The van der Waals surface area contributed by atoms with Gasteiger partial charge in [-0.15, -0.1) is 0 Å². The van der Waals surface area contributed by atoms with Crippen LogP contribution in [0.25, 0.3) is 0 Å². The van der Waals surface area contributed by atoms with Gasteiger partial charge in [0, 0.05) is 14.1 Å². The third-order valence-corrected chi connectivity index (χ3v) is 4.65. The fraction of sp³-hybridized carbons (Fsp3) is 0.227. The first-order valence-electron chi connectivity index (χ1n) is 8.83. The van der Waals surface area contributed by atoms with Crippen LogP contribution in [-0.2, 0) is 9.53 Å². The smallest absolute Gasteiger partial charge is 0.338 e. The molecular formula is C22H21N3O3. The number of hydrogen-bond donors (Lipinski definition) is 0. The lowest BCUT2D eigenvalue weighted by molar-refractivity contribution is -0.118. The van der Waals surface area contributed by atoms with Gasteiger partial charge in [-0.1, -0.05) is 29.3 Å². The molecule has 3 rings (SSSR count). The number of Topliss-reactive ketones (excluding diaryl/α,β-unsaturated/α-hetero) is 1. The summed E-state index contributed by atoms with van der Waals surface area (Å²) in [6.07, 6.45) is 0. The molecule has 2 aromatic rings. The number of rotatable bonds is 4. The van der Waals surface area contributed by atoms with Crippen LogP contribution in [0.4, 0.5) is 11.4 Å². The van der Waals surface area contributed by atoms with E-state index in [-0.39, 0.29) is 5.57 Å². The van der Waals surface area contributed by atoms with Crippen LogP contribution in [0, 0.1) is 25.2 Å². The van der Waals surface area contributed by atoms with Crippen LogP contribution in [0.3, 0.4) is 0 Å². The number of ketones is 1. The molecule has 0 saturated heterocycles. The summed E-state index contributed by atoms with van der Waals surface area (Å²) in [5.74, 6) is -0.656. The van der Waals surface area contributed by atoms with Crippen molar-refractivity contribution in [3.63, 3.8) is 0 Å². The van der Waals surface area contributed by atoms with E-state index >= 15 is 0 Å². The fourth-order valence-electron chi connectivity index (χ4n) is 3.44. The van der Waals surface area contributed by atoms with Crippen LogP contribution in [0.5, 0.6) is 0 Å². The molecule has 0 aliphatic carbocycles. The van der Waals surface area contributed by atoms with Crippen LogP contribution in [0.2, 0.25) is 0 Å². The van der Waals surface area contributed by atoms with Crippen LogP contribution in [0.15, 0.2) is 53.9 Å². The summed E-state index contributed by atoms with van der Waals surface area (Å²) < 4.78 is 5.18. The molecule has 0 saturated carbocycles. The van der Waals surface area contributed by atoms with Gasteiger partial charge in [0.15, 0.2) is 6.61 Å². The van der Waals surface area contributed by atoms with Gasteiger partial charge in [0.2, 0.25) is 5.78 Å². The van der Waals surface area contributed by atoms with E-state index in [9.17, 15) is 14.9 Å². The molecule has 0 radical (unpaired) electrons. The maximum absolute atomic E-state index is 12.7. The molecule has 6 heteroatoms. The number of aryl methyl sites for hydroxylation is 2. The number of hydrogen-bond acceptors (Lipinski definition) is 6. The van der Waals surface area contributed by atoms with Crippen LogP contribution >= 0.6 is 0 Å². The molecule has 0 aromatic heterocycles. The molecule has 0 N–H and O–H groups in total.